The normalized spacial score (nSPS) is 12.5. The summed E-state index contributed by atoms with van der Waals surface area (Å²) in [6.45, 7) is 2.13. The van der Waals surface area contributed by atoms with Crippen molar-refractivity contribution in [2.24, 2.45) is 0 Å². The second-order valence-electron chi connectivity index (χ2n) is 5.14. The monoisotopic (exact) mass is 412 g/mol. The number of nitrogens with zero attached hydrogens (tertiary/aromatic N) is 4. The molecule has 2 N–H and O–H groups in total. The van der Waals surface area contributed by atoms with Crippen LogP contribution in [-0.4, -0.2) is 60.3 Å². The Morgan fingerprint density at radius 1 is 0.731 bits per heavy atom. The van der Waals surface area contributed by atoms with Gasteiger partial charge in [0.05, 0.1) is 26.4 Å². The van der Waals surface area contributed by atoms with Crippen LogP contribution in [0.1, 0.15) is 0 Å². The molecule has 2 aromatic heterocycles. The average molecular weight is 412 g/mol. The van der Waals surface area contributed by atoms with E-state index in [4.69, 9.17) is 18.6 Å². The Hall–Kier alpha value is -1.84. The fraction of sp³-hybridized carbons (Fsp3) is 0.500. The third kappa shape index (κ3) is 6.47. The van der Waals surface area contributed by atoms with Crippen molar-refractivity contribution in [1.29, 1.82) is 0 Å². The third-order valence-corrected chi connectivity index (χ3v) is 4.72. The molecule has 12 nitrogen and oxygen atoms in total. The van der Waals surface area contributed by atoms with Crippen molar-refractivity contribution in [3.63, 3.8) is 0 Å². The van der Waals surface area contributed by atoms with E-state index in [-0.39, 0.29) is 0 Å². The Morgan fingerprint density at radius 3 is 1.42 bits per heavy atom. The first kappa shape index (κ1) is 20.5. The molecule has 26 heavy (non-hydrogen) atoms. The second kappa shape index (κ2) is 8.70. The minimum Gasteiger partial charge on any atom is -0.375 e. The zero-order valence-corrected chi connectivity index (χ0v) is 15.3. The molecule has 2 heterocycles. The van der Waals surface area contributed by atoms with Gasteiger partial charge in [-0.05, 0) is 0 Å². The van der Waals surface area contributed by atoms with Gasteiger partial charge in [-0.25, -0.2) is 9.13 Å². The molecule has 0 bridgehead atoms. The highest BCUT2D eigenvalue weighted by molar-refractivity contribution is 7.84. The molecule has 0 amide bonds. The van der Waals surface area contributed by atoms with Gasteiger partial charge >= 0.3 is 20.6 Å². The van der Waals surface area contributed by atoms with Crippen molar-refractivity contribution in [2.45, 2.75) is 13.1 Å². The van der Waals surface area contributed by atoms with E-state index in [1.54, 1.807) is 9.13 Å². The van der Waals surface area contributed by atoms with E-state index in [0.29, 0.717) is 47.5 Å². The smallest absolute Gasteiger partial charge is 0.375 e. The first-order valence-corrected chi connectivity index (χ1v) is 10.2. The molecule has 0 spiro atoms. The second-order valence-corrected chi connectivity index (χ2v) is 7.78. The Bertz CT molecular complexity index is 842. The van der Waals surface area contributed by atoms with Crippen LogP contribution >= 0.6 is 0 Å². The summed E-state index contributed by atoms with van der Waals surface area (Å²) in [5, 5.41) is 0. The summed E-state index contributed by atoms with van der Waals surface area (Å²) in [5.74, 6) is 0. The topological polar surface area (TPSA) is 145 Å². The molecule has 2 rings (SSSR count). The fourth-order valence-electron chi connectivity index (χ4n) is 1.95. The van der Waals surface area contributed by atoms with Crippen molar-refractivity contribution >= 4 is 20.6 Å². The fourth-order valence-corrected chi connectivity index (χ4v) is 2.85. The lowest BCUT2D eigenvalue weighted by Gasteiger charge is -2.04. The number of hydrogen-bond acceptors (Lipinski definition) is 6. The average Bonchev–Trinajstić information content (AvgIpc) is 3.18. The number of rotatable bonds is 11. The van der Waals surface area contributed by atoms with E-state index >= 15 is 0 Å². The van der Waals surface area contributed by atoms with E-state index in [9.17, 15) is 16.8 Å². The first-order valence-electron chi connectivity index (χ1n) is 7.42. The van der Waals surface area contributed by atoms with Gasteiger partial charge in [0.2, 0.25) is 0 Å². The molecule has 0 fully saturated rings. The summed E-state index contributed by atoms with van der Waals surface area (Å²) in [5.41, 5.74) is 0. The lowest BCUT2D eigenvalue weighted by atomic mass is 10.6. The van der Waals surface area contributed by atoms with Crippen LogP contribution in [0.4, 0.5) is 0 Å². The SMILES string of the molecule is O=S(=O)(O)n1cc[n+](CCOCCOCC[n+]2ccn(S(=O)(=O)O)c2)c1. The predicted molar refractivity (Wildman–Crippen MR) is 84.8 cm³/mol. The molecule has 0 aliphatic rings. The van der Waals surface area contributed by atoms with Gasteiger partial charge in [0.1, 0.15) is 37.9 Å². The van der Waals surface area contributed by atoms with E-state index in [1.807, 2.05) is 0 Å². The summed E-state index contributed by atoms with van der Waals surface area (Å²) in [4.78, 5) is 0. The summed E-state index contributed by atoms with van der Waals surface area (Å²) >= 11 is 0. The molecule has 146 valence electrons. The molecule has 0 aromatic carbocycles. The van der Waals surface area contributed by atoms with Gasteiger partial charge in [0.25, 0.3) is 12.7 Å². The minimum absolute atomic E-state index is 0.329. The Balaban J connectivity index is 1.56. The van der Waals surface area contributed by atoms with Crippen LogP contribution in [0.25, 0.3) is 0 Å². The first-order chi connectivity index (χ1) is 12.2. The van der Waals surface area contributed by atoms with Crippen molar-refractivity contribution in [2.75, 3.05) is 26.4 Å². The van der Waals surface area contributed by atoms with Gasteiger partial charge in [-0.2, -0.15) is 16.8 Å². The van der Waals surface area contributed by atoms with Gasteiger partial charge < -0.3 is 9.47 Å². The minimum atomic E-state index is -4.27. The number of imidazole rings is 2. The molecule has 0 aliphatic carbocycles. The molecule has 0 saturated carbocycles. The molecule has 14 heteroatoms. The van der Waals surface area contributed by atoms with Crippen molar-refractivity contribution in [3.8, 4) is 0 Å². The zero-order valence-electron chi connectivity index (χ0n) is 13.7. The molecule has 0 radical (unpaired) electrons. The summed E-state index contributed by atoms with van der Waals surface area (Å²) in [6, 6.07) is 0. The van der Waals surface area contributed by atoms with Gasteiger partial charge in [-0.1, -0.05) is 0 Å². The highest BCUT2D eigenvalue weighted by Crippen LogP contribution is 1.91. The van der Waals surface area contributed by atoms with Crippen molar-refractivity contribution in [3.05, 3.63) is 37.4 Å². The lowest BCUT2D eigenvalue weighted by molar-refractivity contribution is -0.698. The van der Waals surface area contributed by atoms with E-state index in [2.05, 4.69) is 0 Å². The van der Waals surface area contributed by atoms with Gasteiger partial charge in [-0.15, -0.1) is 7.94 Å². The number of ether oxygens (including phenoxy) is 2. The van der Waals surface area contributed by atoms with Crippen LogP contribution in [0.3, 0.4) is 0 Å². The standard InChI is InChI=1S/C12H18N4O8S2/c17-25(18,19)15-3-1-13(11-15)5-7-23-9-10-24-8-6-14-2-4-16(12-14)26(20,21)22/h1-4,11-12H,5-10H2/p+2. The van der Waals surface area contributed by atoms with Gasteiger partial charge in [-0.3, -0.25) is 9.11 Å². The predicted octanol–water partition coefficient (Wildman–Crippen LogP) is -2.10. The maximum atomic E-state index is 10.9. The molecule has 2 aromatic rings. The summed E-state index contributed by atoms with van der Waals surface area (Å²) in [6.07, 6.45) is 7.86. The molecular formula is C12H20N4O8S2+2. The highest BCUT2D eigenvalue weighted by atomic mass is 32.2. The third-order valence-electron chi connectivity index (χ3n) is 3.23. The lowest BCUT2D eigenvalue weighted by Crippen LogP contribution is -2.35. The highest BCUT2D eigenvalue weighted by Gasteiger charge is 2.16. The summed E-state index contributed by atoms with van der Waals surface area (Å²) < 4.78 is 76.4. The zero-order chi connectivity index (χ0) is 19.2. The van der Waals surface area contributed by atoms with E-state index in [1.165, 1.54) is 37.4 Å². The van der Waals surface area contributed by atoms with Crippen LogP contribution in [0.2, 0.25) is 0 Å². The number of hydrogen-bond donors (Lipinski definition) is 2. The Labute approximate surface area is 150 Å². The maximum Gasteiger partial charge on any atom is 0.439 e. The summed E-state index contributed by atoms with van der Waals surface area (Å²) in [7, 11) is -8.55. The van der Waals surface area contributed by atoms with Crippen LogP contribution in [0.15, 0.2) is 37.4 Å². The van der Waals surface area contributed by atoms with Crippen LogP contribution < -0.4 is 9.13 Å². The van der Waals surface area contributed by atoms with Gasteiger partial charge in [0.15, 0.2) is 0 Å². The van der Waals surface area contributed by atoms with Crippen molar-refractivity contribution in [1.82, 2.24) is 7.94 Å². The largest absolute Gasteiger partial charge is 0.439 e. The Morgan fingerprint density at radius 2 is 1.12 bits per heavy atom. The van der Waals surface area contributed by atoms with Crippen LogP contribution in [-0.2, 0) is 43.2 Å². The molecule has 0 aliphatic heterocycles. The van der Waals surface area contributed by atoms with Crippen LogP contribution in [0.5, 0.6) is 0 Å². The molecule has 0 atom stereocenters. The van der Waals surface area contributed by atoms with Crippen molar-refractivity contribution < 1.29 is 44.5 Å². The van der Waals surface area contributed by atoms with E-state index in [0.717, 1.165) is 0 Å². The quantitative estimate of drug-likeness (QED) is 0.243. The molecule has 0 saturated heterocycles. The van der Waals surface area contributed by atoms with Crippen LogP contribution in [0, 0.1) is 0 Å². The molecular weight excluding hydrogens is 392 g/mol. The Kier molecular flexibility index (Phi) is 6.85. The van der Waals surface area contributed by atoms with E-state index < -0.39 is 20.6 Å². The number of aromatic nitrogens is 4. The van der Waals surface area contributed by atoms with Gasteiger partial charge in [0, 0.05) is 0 Å². The molecule has 0 unspecified atom stereocenters. The maximum absolute atomic E-state index is 10.9.